The molecule has 5 heteroatoms. The van der Waals surface area contributed by atoms with Crippen molar-refractivity contribution in [2.75, 3.05) is 6.54 Å². The summed E-state index contributed by atoms with van der Waals surface area (Å²) in [4.78, 5) is 4.08. The minimum Gasteiger partial charge on any atom is -0.338 e. The Kier molecular flexibility index (Phi) is 3.55. The molecule has 1 heterocycles. The summed E-state index contributed by atoms with van der Waals surface area (Å²) >= 11 is 1.72. The van der Waals surface area contributed by atoms with E-state index in [4.69, 9.17) is 10.3 Å². The van der Waals surface area contributed by atoms with E-state index in [-0.39, 0.29) is 0 Å². The minimum atomic E-state index is 0.442. The maximum Gasteiger partial charge on any atom is 0.236 e. The van der Waals surface area contributed by atoms with Crippen molar-refractivity contribution < 1.29 is 4.52 Å². The van der Waals surface area contributed by atoms with Crippen molar-refractivity contribution in [3.8, 4) is 0 Å². The fourth-order valence-corrected chi connectivity index (χ4v) is 1.36. The van der Waals surface area contributed by atoms with Gasteiger partial charge >= 0.3 is 0 Å². The fraction of sp³-hybridized carbons (Fsp3) is 0.714. The van der Waals surface area contributed by atoms with Gasteiger partial charge in [0.15, 0.2) is 5.82 Å². The van der Waals surface area contributed by atoms with Crippen LogP contribution in [0.3, 0.4) is 0 Å². The summed E-state index contributed by atoms with van der Waals surface area (Å²) in [6.45, 7) is 4.57. The first-order chi connectivity index (χ1) is 5.72. The Morgan fingerprint density at radius 1 is 1.67 bits per heavy atom. The van der Waals surface area contributed by atoms with Gasteiger partial charge in [-0.2, -0.15) is 4.98 Å². The van der Waals surface area contributed by atoms with Crippen LogP contribution in [0, 0.1) is 6.92 Å². The molecular formula is C7H13N3OS. The Bertz CT molecular complexity index is 238. The Hall–Kier alpha value is -0.550. The van der Waals surface area contributed by atoms with E-state index in [1.54, 1.807) is 11.8 Å². The van der Waals surface area contributed by atoms with Crippen molar-refractivity contribution >= 4 is 11.8 Å². The third-order valence-electron chi connectivity index (χ3n) is 1.39. The maximum absolute atomic E-state index is 5.45. The molecule has 1 atom stereocenters. The van der Waals surface area contributed by atoms with Gasteiger partial charge < -0.3 is 10.3 Å². The molecule has 0 aliphatic carbocycles. The molecule has 0 fully saturated rings. The van der Waals surface area contributed by atoms with E-state index in [2.05, 4.69) is 17.1 Å². The van der Waals surface area contributed by atoms with Gasteiger partial charge in [0.25, 0.3) is 0 Å². The zero-order chi connectivity index (χ0) is 8.97. The van der Waals surface area contributed by atoms with Crippen LogP contribution in [0.15, 0.2) is 4.52 Å². The molecule has 68 valence electrons. The van der Waals surface area contributed by atoms with Gasteiger partial charge in [-0.3, -0.25) is 0 Å². The lowest BCUT2D eigenvalue weighted by Crippen LogP contribution is -2.12. The molecule has 1 rings (SSSR count). The van der Waals surface area contributed by atoms with E-state index in [0.717, 1.165) is 5.75 Å². The molecule has 4 nitrogen and oxygen atoms in total. The van der Waals surface area contributed by atoms with Gasteiger partial charge in [-0.25, -0.2) is 0 Å². The quantitative estimate of drug-likeness (QED) is 0.760. The summed E-state index contributed by atoms with van der Waals surface area (Å²) in [5, 5.41) is 4.13. The molecule has 0 aromatic carbocycles. The second kappa shape index (κ2) is 4.47. The minimum absolute atomic E-state index is 0.442. The average molecular weight is 187 g/mol. The Morgan fingerprint density at radius 3 is 2.92 bits per heavy atom. The third-order valence-corrected chi connectivity index (χ3v) is 2.57. The lowest BCUT2D eigenvalue weighted by Gasteiger charge is -2.03. The van der Waals surface area contributed by atoms with Crippen LogP contribution in [0.1, 0.15) is 18.6 Å². The highest BCUT2D eigenvalue weighted by Crippen LogP contribution is 2.14. The molecule has 0 spiro atoms. The average Bonchev–Trinajstić information content (AvgIpc) is 2.47. The van der Waals surface area contributed by atoms with Crippen LogP contribution in [-0.2, 0) is 5.75 Å². The van der Waals surface area contributed by atoms with Gasteiger partial charge in [-0.15, -0.1) is 11.8 Å². The summed E-state index contributed by atoms with van der Waals surface area (Å²) in [5.74, 6) is 2.11. The maximum atomic E-state index is 5.45. The molecule has 0 bridgehead atoms. The number of aromatic nitrogens is 2. The number of hydrogen-bond acceptors (Lipinski definition) is 5. The zero-order valence-electron chi connectivity index (χ0n) is 7.28. The summed E-state index contributed by atoms with van der Waals surface area (Å²) < 4.78 is 4.94. The molecule has 2 N–H and O–H groups in total. The molecular weight excluding hydrogens is 174 g/mol. The van der Waals surface area contributed by atoms with E-state index in [1.165, 1.54) is 0 Å². The number of hydrogen-bond donors (Lipinski definition) is 1. The van der Waals surface area contributed by atoms with Crippen molar-refractivity contribution in [3.63, 3.8) is 0 Å². The van der Waals surface area contributed by atoms with Gasteiger partial charge in [0.2, 0.25) is 5.89 Å². The normalized spacial score (nSPS) is 13.2. The van der Waals surface area contributed by atoms with Crippen LogP contribution in [0.2, 0.25) is 0 Å². The van der Waals surface area contributed by atoms with E-state index in [0.29, 0.717) is 23.5 Å². The van der Waals surface area contributed by atoms with Crippen molar-refractivity contribution in [1.82, 2.24) is 10.1 Å². The smallest absolute Gasteiger partial charge is 0.236 e. The molecule has 1 aromatic rings. The molecule has 0 amide bonds. The van der Waals surface area contributed by atoms with Crippen LogP contribution in [-0.4, -0.2) is 21.9 Å². The number of rotatable bonds is 4. The van der Waals surface area contributed by atoms with Crippen molar-refractivity contribution in [3.05, 3.63) is 11.7 Å². The highest BCUT2D eigenvalue weighted by Gasteiger charge is 2.05. The van der Waals surface area contributed by atoms with Crippen molar-refractivity contribution in [2.45, 2.75) is 24.9 Å². The largest absolute Gasteiger partial charge is 0.338 e. The second-order valence-corrected chi connectivity index (χ2v) is 4.02. The van der Waals surface area contributed by atoms with Gasteiger partial charge in [0.1, 0.15) is 0 Å². The Labute approximate surface area is 75.9 Å². The van der Waals surface area contributed by atoms with Crippen LogP contribution in [0.25, 0.3) is 0 Å². The summed E-state index contributed by atoms with van der Waals surface area (Å²) in [5.41, 5.74) is 5.45. The van der Waals surface area contributed by atoms with E-state index in [9.17, 15) is 0 Å². The van der Waals surface area contributed by atoms with Crippen molar-refractivity contribution in [2.24, 2.45) is 5.73 Å². The SMILES string of the molecule is Cc1noc(CSC(C)CN)n1. The number of aryl methyl sites for hydroxylation is 1. The lowest BCUT2D eigenvalue weighted by atomic mass is 10.5. The first kappa shape index (κ1) is 9.54. The molecule has 0 aliphatic rings. The van der Waals surface area contributed by atoms with Gasteiger partial charge in [-0.1, -0.05) is 12.1 Å². The predicted molar refractivity (Wildman–Crippen MR) is 48.8 cm³/mol. The molecule has 1 unspecified atom stereocenters. The van der Waals surface area contributed by atoms with E-state index >= 15 is 0 Å². The Balaban J connectivity index is 2.33. The summed E-state index contributed by atoms with van der Waals surface area (Å²) in [6, 6.07) is 0. The van der Waals surface area contributed by atoms with Crippen LogP contribution in [0.4, 0.5) is 0 Å². The molecule has 0 saturated heterocycles. The summed E-state index contributed by atoms with van der Waals surface area (Å²) in [7, 11) is 0. The van der Waals surface area contributed by atoms with Gasteiger partial charge in [0, 0.05) is 11.8 Å². The monoisotopic (exact) mass is 187 g/mol. The molecule has 1 aromatic heterocycles. The number of nitrogens with zero attached hydrogens (tertiary/aromatic N) is 2. The molecule has 0 aliphatic heterocycles. The first-order valence-electron chi connectivity index (χ1n) is 3.83. The highest BCUT2D eigenvalue weighted by molar-refractivity contribution is 7.99. The number of thioether (sulfide) groups is 1. The second-order valence-electron chi connectivity index (χ2n) is 2.59. The standard InChI is InChI=1S/C7H13N3OS/c1-5(3-8)12-4-7-9-6(2)10-11-7/h5H,3-4,8H2,1-2H3. The summed E-state index contributed by atoms with van der Waals surface area (Å²) in [6.07, 6.45) is 0. The van der Waals surface area contributed by atoms with E-state index in [1.807, 2.05) is 6.92 Å². The van der Waals surface area contributed by atoms with Gasteiger partial charge in [0.05, 0.1) is 5.75 Å². The molecule has 12 heavy (non-hydrogen) atoms. The van der Waals surface area contributed by atoms with Crippen LogP contribution < -0.4 is 5.73 Å². The van der Waals surface area contributed by atoms with Crippen molar-refractivity contribution in [1.29, 1.82) is 0 Å². The molecule has 0 radical (unpaired) electrons. The first-order valence-corrected chi connectivity index (χ1v) is 4.88. The topological polar surface area (TPSA) is 64.9 Å². The third kappa shape index (κ3) is 2.83. The van der Waals surface area contributed by atoms with Crippen LogP contribution >= 0.6 is 11.8 Å². The zero-order valence-corrected chi connectivity index (χ0v) is 8.10. The highest BCUT2D eigenvalue weighted by atomic mass is 32.2. The van der Waals surface area contributed by atoms with Gasteiger partial charge in [-0.05, 0) is 6.92 Å². The predicted octanol–water partition coefficient (Wildman–Crippen LogP) is 0.958. The Morgan fingerprint density at radius 2 is 2.42 bits per heavy atom. The van der Waals surface area contributed by atoms with Crippen LogP contribution in [0.5, 0.6) is 0 Å². The molecule has 0 saturated carbocycles. The fourth-order valence-electron chi connectivity index (χ4n) is 0.680. The lowest BCUT2D eigenvalue weighted by molar-refractivity contribution is 0.387. The van der Waals surface area contributed by atoms with E-state index < -0.39 is 0 Å². The number of nitrogens with two attached hydrogens (primary N) is 1.